The van der Waals surface area contributed by atoms with Crippen LogP contribution in [0.2, 0.25) is 0 Å². The van der Waals surface area contributed by atoms with E-state index in [0.717, 1.165) is 9.80 Å². The van der Waals surface area contributed by atoms with Gasteiger partial charge in [-0.1, -0.05) is 96.5 Å². The lowest BCUT2D eigenvalue weighted by Crippen LogP contribution is -2.61. The number of nitrogens with two attached hydrogens (primary N) is 3. The second kappa shape index (κ2) is 43.7. The number of hydrogen-bond acceptors (Lipinski definition) is 20. The number of hydrogen-bond donors (Lipinski definition) is 17. The number of fused-ring (bicyclic) bond motifs is 1. The van der Waals surface area contributed by atoms with Crippen LogP contribution in [-0.2, 0) is 94.3 Å². The van der Waals surface area contributed by atoms with Gasteiger partial charge in [0.2, 0.25) is 82.7 Å². The zero-order valence-corrected chi connectivity index (χ0v) is 61.9. The van der Waals surface area contributed by atoms with E-state index in [1.54, 1.807) is 88.5 Å². The molecule has 12 atom stereocenters. The number of aromatic nitrogens is 1. The van der Waals surface area contributed by atoms with Gasteiger partial charge in [0.15, 0.2) is 0 Å². The van der Waals surface area contributed by atoms with Crippen LogP contribution in [0.25, 0.3) is 10.9 Å². The Labute approximate surface area is 619 Å². The molecule has 36 nitrogen and oxygen atoms in total. The van der Waals surface area contributed by atoms with E-state index in [4.69, 9.17) is 21.9 Å². The van der Waals surface area contributed by atoms with E-state index >= 15 is 0 Å². The minimum atomic E-state index is -1.95. The van der Waals surface area contributed by atoms with Gasteiger partial charge in [0, 0.05) is 50.5 Å². The van der Waals surface area contributed by atoms with Crippen LogP contribution in [0.5, 0.6) is 0 Å². The molecule has 14 amide bonds. The van der Waals surface area contributed by atoms with Gasteiger partial charge in [0.05, 0.1) is 39.0 Å². The minimum absolute atomic E-state index is 0.00447. The Morgan fingerprint density at radius 2 is 1.08 bits per heavy atom. The number of para-hydroxylation sites is 1. The number of nitrogens with one attached hydrogen (secondary N) is 11. The molecule has 4 rings (SSSR count). The average molecular weight is 1500 g/mol. The van der Waals surface area contributed by atoms with E-state index in [2.05, 4.69) is 58.2 Å². The van der Waals surface area contributed by atoms with Crippen molar-refractivity contribution in [2.75, 3.05) is 40.4 Å². The van der Waals surface area contributed by atoms with Crippen molar-refractivity contribution >= 4 is 106 Å². The normalized spacial score (nSPS) is 24.4. The quantitative estimate of drug-likeness (QED) is 0.0406. The fraction of sp³-hybridized carbons (Fsp3) is 0.577. The van der Waals surface area contributed by atoms with Gasteiger partial charge < -0.3 is 105 Å². The highest BCUT2D eigenvalue weighted by molar-refractivity contribution is 6.01. The molecule has 107 heavy (non-hydrogen) atoms. The number of amides is 14. The molecule has 0 spiro atoms. The average Bonchev–Trinajstić information content (AvgIpc) is 1.78. The summed E-state index contributed by atoms with van der Waals surface area (Å²) in [6.07, 6.45) is -3.24. The van der Waals surface area contributed by atoms with Gasteiger partial charge in [-0.2, -0.15) is 0 Å². The van der Waals surface area contributed by atoms with E-state index in [-0.39, 0.29) is 56.9 Å². The lowest BCUT2D eigenvalue weighted by atomic mass is 9.99. The number of likely N-dealkylation sites (N-methyl/N-ethyl adjacent to an activating group) is 2. The summed E-state index contributed by atoms with van der Waals surface area (Å²) in [6.45, 7) is 8.51. The van der Waals surface area contributed by atoms with Crippen LogP contribution in [0.3, 0.4) is 0 Å². The second-order valence-electron chi connectivity index (χ2n) is 27.7. The predicted molar refractivity (Wildman–Crippen MR) is 386 cm³/mol. The van der Waals surface area contributed by atoms with Crippen LogP contribution >= 0.6 is 0 Å². The van der Waals surface area contributed by atoms with Gasteiger partial charge in [-0.3, -0.25) is 71.9 Å². The highest BCUT2D eigenvalue weighted by atomic mass is 16.5. The topological polar surface area (TPSA) is 564 Å². The third-order valence-corrected chi connectivity index (χ3v) is 17.6. The number of benzene rings is 2. The van der Waals surface area contributed by atoms with Gasteiger partial charge in [-0.05, 0) is 86.9 Å². The zero-order valence-electron chi connectivity index (χ0n) is 61.9. The number of esters is 1. The number of aliphatic carboxylic acids is 1. The molecule has 2 aromatic carbocycles. The summed E-state index contributed by atoms with van der Waals surface area (Å²) in [4.78, 5) is 228. The molecule has 0 unspecified atom stereocenters. The maximum absolute atomic E-state index is 15.0. The molecule has 0 aliphatic carbocycles. The standard InChI is InChI=1S/C71H106N16O20/c1-37(2)17-15-20-43-30-57(92)78-53(36-89)68(103)83-51(32-56(74)91)67(102)85-52(35-88)62(97)76-34-58(93)86(8)54(28-41-18-11-10-12-19-41)69(104)84-48(27-38(3)4)64(99)77-40(7)61(96)79-46(24-25-59(94)95)63(98)82-50(31-55(73)90)66(101)81-49(29-42-33-75-45-22-14-13-21-44(42)45)65(100)80-47(23-16-26-72)70(105)87(9)60(39(5)6)71(106)107-43/h10-14,18-19,21-22,33,37-40,43,46-54,60,75,88-89H,15-17,20,23-32,34-36,72H2,1-9H3,(H2,73,90)(H2,74,91)(H,76,97)(H,77,99)(H,78,92)(H,79,96)(H,80,100)(H,81,101)(H,82,98)(H,83,103)(H,84,104)(H,85,102)(H,94,95)/t40-,43-,46+,47-,48+,49-,50-,51-,52+,53+,54-,60+/m1/s1. The number of carboxylic acid groups (broad SMARTS) is 1. The van der Waals surface area contributed by atoms with Crippen LogP contribution in [0.15, 0.2) is 60.8 Å². The smallest absolute Gasteiger partial charge is 0.329 e. The molecular formula is C71H106N16O20. The van der Waals surface area contributed by atoms with Crippen molar-refractivity contribution in [2.45, 2.75) is 205 Å². The Balaban J connectivity index is 1.87. The summed E-state index contributed by atoms with van der Waals surface area (Å²) in [5.74, 6) is -18.6. The summed E-state index contributed by atoms with van der Waals surface area (Å²) in [6, 6.07) is -3.32. The fourth-order valence-electron chi connectivity index (χ4n) is 11.8. The number of carbonyl (C=O) groups excluding carboxylic acids is 15. The summed E-state index contributed by atoms with van der Waals surface area (Å²) < 4.78 is 6.02. The van der Waals surface area contributed by atoms with E-state index in [9.17, 15) is 92.0 Å². The van der Waals surface area contributed by atoms with Gasteiger partial charge in [-0.15, -0.1) is 0 Å². The number of ether oxygens (including phenoxy) is 1. The maximum Gasteiger partial charge on any atom is 0.329 e. The zero-order chi connectivity index (χ0) is 79.9. The second-order valence-corrected chi connectivity index (χ2v) is 27.7. The number of rotatable bonds is 23. The largest absolute Gasteiger partial charge is 0.481 e. The van der Waals surface area contributed by atoms with Gasteiger partial charge in [0.1, 0.15) is 72.6 Å². The predicted octanol–water partition coefficient (Wildman–Crippen LogP) is -3.71. The van der Waals surface area contributed by atoms with Crippen molar-refractivity contribution in [3.63, 3.8) is 0 Å². The third-order valence-electron chi connectivity index (χ3n) is 17.6. The van der Waals surface area contributed by atoms with Crippen molar-refractivity contribution < 1.29 is 96.8 Å². The molecule has 1 aliphatic heterocycles. The first-order valence-electron chi connectivity index (χ1n) is 35.5. The van der Waals surface area contributed by atoms with Crippen LogP contribution in [-0.4, -0.2) is 238 Å². The number of cyclic esters (lactones) is 1. The Bertz CT molecular complexity index is 3610. The molecule has 3 aromatic rings. The highest BCUT2D eigenvalue weighted by Crippen LogP contribution is 2.23. The Hall–Kier alpha value is -10.6. The molecule has 1 saturated heterocycles. The van der Waals surface area contributed by atoms with Crippen LogP contribution in [0.4, 0.5) is 0 Å². The van der Waals surface area contributed by atoms with Crippen molar-refractivity contribution in [1.29, 1.82) is 0 Å². The molecule has 36 heteroatoms. The number of primary amides is 2. The van der Waals surface area contributed by atoms with Crippen LogP contribution in [0.1, 0.15) is 130 Å². The molecule has 20 N–H and O–H groups in total. The Morgan fingerprint density at radius 3 is 1.65 bits per heavy atom. The summed E-state index contributed by atoms with van der Waals surface area (Å²) in [5, 5.41) is 55.2. The summed E-state index contributed by atoms with van der Waals surface area (Å²) >= 11 is 0. The Morgan fingerprint density at radius 1 is 0.561 bits per heavy atom. The molecule has 1 fully saturated rings. The fourth-order valence-corrected chi connectivity index (χ4v) is 11.8. The maximum atomic E-state index is 15.0. The van der Waals surface area contributed by atoms with Gasteiger partial charge in [-0.25, -0.2) is 4.79 Å². The van der Waals surface area contributed by atoms with Crippen LogP contribution in [0, 0.1) is 17.8 Å². The molecule has 2 heterocycles. The molecule has 590 valence electrons. The molecule has 0 saturated carbocycles. The number of H-pyrrole nitrogens is 1. The molecule has 0 radical (unpaired) electrons. The third kappa shape index (κ3) is 29.0. The van der Waals surface area contributed by atoms with Crippen molar-refractivity contribution in [2.24, 2.45) is 35.0 Å². The number of aliphatic hydroxyl groups is 2. The first-order valence-corrected chi connectivity index (χ1v) is 35.5. The number of carbonyl (C=O) groups is 16. The molecule has 0 bridgehead atoms. The van der Waals surface area contributed by atoms with Gasteiger partial charge in [0.25, 0.3) is 0 Å². The number of carboxylic acids is 1. The lowest BCUT2D eigenvalue weighted by molar-refractivity contribution is -0.162. The highest BCUT2D eigenvalue weighted by Gasteiger charge is 2.40. The van der Waals surface area contributed by atoms with Crippen molar-refractivity contribution in [3.8, 4) is 0 Å². The van der Waals surface area contributed by atoms with E-state index in [0.29, 0.717) is 34.9 Å². The van der Waals surface area contributed by atoms with E-state index < -0.39 is 225 Å². The molecule has 1 aliphatic rings. The molecular weight excluding hydrogens is 1400 g/mol. The SMILES string of the molecule is CC(C)CCC[C@@H]1CC(=O)N[C@@H](CO)C(=O)N[C@H](CC(N)=O)C(=O)N[C@@H](CO)C(=O)NCC(=O)N(C)[C@H](Cc2ccccc2)C(=O)N[C@@H](CC(C)C)C(=O)N[C@H](C)C(=O)N[C@@H](CCC(=O)O)C(=O)N[C@H](CC(N)=O)C(=O)N[C@H](Cc2c[nH]c3ccccc23)C(=O)N[C@H](CCCN)C(=O)N(C)[C@@H](C(C)C)C(=O)O1. The first kappa shape index (κ1) is 88.8. The Kier molecular flexibility index (Phi) is 36.3. The minimum Gasteiger partial charge on any atom is -0.481 e. The van der Waals surface area contributed by atoms with Crippen molar-refractivity contribution in [3.05, 3.63) is 71.9 Å². The first-order chi connectivity index (χ1) is 50.5. The summed E-state index contributed by atoms with van der Waals surface area (Å²) in [7, 11) is 2.48. The number of nitrogens with zero attached hydrogens (tertiary/aromatic N) is 2. The monoisotopic (exact) mass is 1500 g/mol. The number of aromatic amines is 1. The molecule has 1 aromatic heterocycles. The van der Waals surface area contributed by atoms with E-state index in [1.807, 2.05) is 13.8 Å². The number of aliphatic hydroxyl groups excluding tert-OH is 2. The lowest BCUT2D eigenvalue weighted by Gasteiger charge is -2.34. The summed E-state index contributed by atoms with van der Waals surface area (Å²) in [5.41, 5.74) is 18.6. The van der Waals surface area contributed by atoms with E-state index in [1.165, 1.54) is 21.0 Å². The van der Waals surface area contributed by atoms with Crippen LogP contribution < -0.4 is 70.4 Å². The van der Waals surface area contributed by atoms with Gasteiger partial charge >= 0.3 is 11.9 Å². The van der Waals surface area contributed by atoms with Crippen molar-refractivity contribution in [1.82, 2.24) is 68.0 Å².